The Morgan fingerprint density at radius 3 is 1.90 bits per heavy atom. The molecule has 0 aliphatic carbocycles. The van der Waals surface area contributed by atoms with Crippen molar-refractivity contribution in [2.45, 2.75) is 60.3 Å². The standard InChI is InChI=1S/C27H33N2/c1-18(2)21-15-11-16-22(19(3)4)25(21)29-26(27(5,6)7)28-24-17-10-13-20-12-8-9-14-23(20)24/h8-19H,1-7H3/q-1. The van der Waals surface area contributed by atoms with Crippen LogP contribution in [0.1, 0.15) is 71.4 Å². The maximum Gasteiger partial charge on any atom is -0.0152 e. The number of aliphatic imine (C=N–C) groups is 1. The first-order valence-electron chi connectivity index (χ1n) is 10.6. The van der Waals surface area contributed by atoms with E-state index in [4.69, 9.17) is 10.3 Å². The highest BCUT2D eigenvalue weighted by atomic mass is 15.0. The van der Waals surface area contributed by atoms with E-state index >= 15 is 0 Å². The molecule has 0 N–H and O–H groups in total. The second kappa shape index (κ2) is 8.41. The average molecular weight is 386 g/mol. The van der Waals surface area contributed by atoms with Crippen LogP contribution < -0.4 is 0 Å². The van der Waals surface area contributed by atoms with Crippen molar-refractivity contribution in [2.75, 3.05) is 0 Å². The van der Waals surface area contributed by atoms with E-state index in [9.17, 15) is 0 Å². The smallest absolute Gasteiger partial charge is 0.0152 e. The lowest BCUT2D eigenvalue weighted by molar-refractivity contribution is 0.592. The fraction of sp³-hybridized carbons (Fsp3) is 0.370. The number of hydrogen-bond acceptors (Lipinski definition) is 1. The number of amidine groups is 1. The maximum absolute atomic E-state index is 5.22. The minimum atomic E-state index is -0.171. The van der Waals surface area contributed by atoms with Gasteiger partial charge in [-0.05, 0) is 50.5 Å². The van der Waals surface area contributed by atoms with Crippen LogP contribution in [-0.4, -0.2) is 5.84 Å². The van der Waals surface area contributed by atoms with Crippen LogP contribution in [0.5, 0.6) is 0 Å². The van der Waals surface area contributed by atoms with E-state index in [-0.39, 0.29) is 5.41 Å². The Labute approximate surface area is 176 Å². The van der Waals surface area contributed by atoms with E-state index in [1.807, 2.05) is 0 Å². The Morgan fingerprint density at radius 1 is 0.759 bits per heavy atom. The average Bonchev–Trinajstić information content (AvgIpc) is 2.66. The third kappa shape index (κ3) is 4.70. The van der Waals surface area contributed by atoms with Crippen molar-refractivity contribution >= 4 is 28.0 Å². The first-order valence-corrected chi connectivity index (χ1v) is 10.6. The summed E-state index contributed by atoms with van der Waals surface area (Å²) in [6, 6.07) is 21.3. The Hall–Kier alpha value is -2.61. The predicted molar refractivity (Wildman–Crippen MR) is 128 cm³/mol. The third-order valence-electron chi connectivity index (χ3n) is 5.22. The van der Waals surface area contributed by atoms with Gasteiger partial charge in [-0.1, -0.05) is 115 Å². The SMILES string of the molecule is CC(C)c1cccc(C(C)C)c1[N-]C(=Nc1cccc2ccccc12)C(C)(C)C. The van der Waals surface area contributed by atoms with Crippen LogP contribution in [0.4, 0.5) is 11.4 Å². The molecule has 0 amide bonds. The van der Waals surface area contributed by atoms with E-state index in [0.717, 1.165) is 22.6 Å². The minimum Gasteiger partial charge on any atom is -0.439 e. The predicted octanol–water partition coefficient (Wildman–Crippen LogP) is 8.87. The highest BCUT2D eigenvalue weighted by Gasteiger charge is 2.17. The van der Waals surface area contributed by atoms with E-state index in [0.29, 0.717) is 11.8 Å². The van der Waals surface area contributed by atoms with Crippen LogP contribution in [-0.2, 0) is 0 Å². The highest BCUT2D eigenvalue weighted by Crippen LogP contribution is 2.41. The van der Waals surface area contributed by atoms with Gasteiger partial charge in [0.25, 0.3) is 0 Å². The van der Waals surface area contributed by atoms with Gasteiger partial charge in [-0.25, -0.2) is 0 Å². The quantitative estimate of drug-likeness (QED) is 0.317. The van der Waals surface area contributed by atoms with Crippen LogP contribution in [0, 0.1) is 5.41 Å². The van der Waals surface area contributed by atoms with Crippen molar-refractivity contribution in [2.24, 2.45) is 10.4 Å². The fourth-order valence-corrected chi connectivity index (χ4v) is 3.53. The molecule has 3 rings (SSSR count). The van der Waals surface area contributed by atoms with Gasteiger partial charge in [0.1, 0.15) is 0 Å². The second-order valence-electron chi connectivity index (χ2n) is 9.39. The zero-order valence-electron chi connectivity index (χ0n) is 18.8. The molecule has 3 aromatic carbocycles. The summed E-state index contributed by atoms with van der Waals surface area (Å²) in [6.07, 6.45) is 0. The lowest BCUT2D eigenvalue weighted by atomic mass is 9.90. The fourth-order valence-electron chi connectivity index (χ4n) is 3.53. The van der Waals surface area contributed by atoms with Crippen molar-refractivity contribution in [3.8, 4) is 0 Å². The summed E-state index contributed by atoms with van der Waals surface area (Å²) in [6.45, 7) is 15.5. The first kappa shape index (κ1) is 21.1. The molecule has 0 spiro atoms. The Bertz CT molecular complexity index is 989. The van der Waals surface area contributed by atoms with Crippen LogP contribution in [0.2, 0.25) is 0 Å². The molecule has 0 atom stereocenters. The van der Waals surface area contributed by atoms with Crippen molar-refractivity contribution in [3.63, 3.8) is 0 Å². The van der Waals surface area contributed by atoms with Gasteiger partial charge in [-0.15, -0.1) is 0 Å². The summed E-state index contributed by atoms with van der Waals surface area (Å²) < 4.78 is 0. The third-order valence-corrected chi connectivity index (χ3v) is 5.22. The topological polar surface area (TPSA) is 26.5 Å². The molecule has 0 heterocycles. The lowest BCUT2D eigenvalue weighted by Gasteiger charge is -2.35. The first-order chi connectivity index (χ1) is 13.7. The summed E-state index contributed by atoms with van der Waals surface area (Å²) in [5.74, 6) is 1.68. The van der Waals surface area contributed by atoms with Gasteiger partial charge < -0.3 is 10.3 Å². The Morgan fingerprint density at radius 2 is 1.31 bits per heavy atom. The van der Waals surface area contributed by atoms with Crippen molar-refractivity contribution in [3.05, 3.63) is 77.1 Å². The molecule has 0 radical (unpaired) electrons. The van der Waals surface area contributed by atoms with E-state index in [1.54, 1.807) is 0 Å². The van der Waals surface area contributed by atoms with E-state index in [1.165, 1.54) is 16.5 Å². The van der Waals surface area contributed by atoms with Crippen molar-refractivity contribution in [1.82, 2.24) is 0 Å². The van der Waals surface area contributed by atoms with E-state index in [2.05, 4.69) is 109 Å². The summed E-state index contributed by atoms with van der Waals surface area (Å²) in [7, 11) is 0. The molecule has 0 saturated heterocycles. The molecule has 3 aromatic rings. The molecule has 0 fully saturated rings. The van der Waals surface area contributed by atoms with Gasteiger partial charge >= 0.3 is 0 Å². The highest BCUT2D eigenvalue weighted by molar-refractivity contribution is 6.08. The molecule has 0 saturated carbocycles. The molecule has 2 nitrogen and oxygen atoms in total. The van der Waals surface area contributed by atoms with E-state index < -0.39 is 0 Å². The van der Waals surface area contributed by atoms with Gasteiger partial charge in [0.05, 0.1) is 0 Å². The van der Waals surface area contributed by atoms with Gasteiger partial charge in [-0.3, -0.25) is 0 Å². The number of fused-ring (bicyclic) bond motifs is 1. The Kier molecular flexibility index (Phi) is 6.12. The minimum absolute atomic E-state index is 0.171. The monoisotopic (exact) mass is 385 g/mol. The zero-order valence-corrected chi connectivity index (χ0v) is 18.8. The molecule has 0 aromatic heterocycles. The van der Waals surface area contributed by atoms with Crippen molar-refractivity contribution < 1.29 is 0 Å². The van der Waals surface area contributed by atoms with Gasteiger partial charge in [0.15, 0.2) is 0 Å². The van der Waals surface area contributed by atoms with Crippen LogP contribution >= 0.6 is 0 Å². The summed E-state index contributed by atoms with van der Waals surface area (Å²) in [5, 5.41) is 7.59. The summed E-state index contributed by atoms with van der Waals surface area (Å²) in [4.78, 5) is 5.10. The molecule has 29 heavy (non-hydrogen) atoms. The number of nitrogens with zero attached hydrogens (tertiary/aromatic N) is 2. The normalized spacial score (nSPS) is 12.8. The van der Waals surface area contributed by atoms with Crippen LogP contribution in [0.15, 0.2) is 65.7 Å². The molecule has 0 bridgehead atoms. The second-order valence-corrected chi connectivity index (χ2v) is 9.39. The number of hydrogen-bond donors (Lipinski definition) is 0. The molecule has 2 heteroatoms. The van der Waals surface area contributed by atoms with Crippen molar-refractivity contribution in [1.29, 1.82) is 0 Å². The maximum atomic E-state index is 5.22. The molecular weight excluding hydrogens is 352 g/mol. The van der Waals surface area contributed by atoms with Crippen LogP contribution in [0.3, 0.4) is 0 Å². The molecule has 0 unspecified atom stereocenters. The number of benzene rings is 3. The molecule has 152 valence electrons. The summed E-state index contributed by atoms with van der Waals surface area (Å²) >= 11 is 0. The van der Waals surface area contributed by atoms with Crippen LogP contribution in [0.25, 0.3) is 16.1 Å². The Balaban J connectivity index is 2.17. The number of para-hydroxylation sites is 1. The largest absolute Gasteiger partial charge is 0.439 e. The van der Waals surface area contributed by atoms with Gasteiger partial charge in [0.2, 0.25) is 0 Å². The molecular formula is C27H33N2-. The molecule has 0 aliphatic rings. The lowest BCUT2D eigenvalue weighted by Crippen LogP contribution is -2.19. The van der Waals surface area contributed by atoms with Gasteiger partial charge in [0, 0.05) is 0 Å². The zero-order chi connectivity index (χ0) is 21.2. The van der Waals surface area contributed by atoms with Gasteiger partial charge in [-0.2, -0.15) is 0 Å². The molecule has 0 aliphatic heterocycles. The summed E-state index contributed by atoms with van der Waals surface area (Å²) in [5.41, 5.74) is 4.46. The number of rotatable bonds is 4.